The first-order valence-electron chi connectivity index (χ1n) is 6.39. The number of hydrogen-bond acceptors (Lipinski definition) is 6. The molecule has 0 aliphatic rings. The van der Waals surface area contributed by atoms with Crippen molar-refractivity contribution in [2.24, 2.45) is 5.92 Å². The van der Waals surface area contributed by atoms with E-state index in [1.807, 2.05) is 0 Å². The zero-order valence-corrected chi connectivity index (χ0v) is 10.9. The van der Waals surface area contributed by atoms with E-state index >= 15 is 0 Å². The maximum Gasteiger partial charge on any atom is 0.189 e. The molecule has 0 amide bonds. The molecular weight excluding hydrogens is 240 g/mol. The lowest BCUT2D eigenvalue weighted by Crippen LogP contribution is -2.43. The number of hydrogen-bond donors (Lipinski definition) is 6. The van der Waals surface area contributed by atoms with Crippen molar-refractivity contribution in [2.45, 2.75) is 63.6 Å². The summed E-state index contributed by atoms with van der Waals surface area (Å²) in [6, 6.07) is 0. The van der Waals surface area contributed by atoms with Gasteiger partial charge in [0.05, 0.1) is 0 Å². The van der Waals surface area contributed by atoms with E-state index in [0.29, 0.717) is 19.3 Å². The van der Waals surface area contributed by atoms with Gasteiger partial charge in [-0.3, -0.25) is 0 Å². The molecule has 0 radical (unpaired) electrons. The van der Waals surface area contributed by atoms with Gasteiger partial charge in [-0.2, -0.15) is 0 Å². The summed E-state index contributed by atoms with van der Waals surface area (Å²) in [5.74, 6) is -2.54. The van der Waals surface area contributed by atoms with Crippen molar-refractivity contribution >= 4 is 0 Å². The average molecular weight is 266 g/mol. The number of aliphatic hydroxyl groups is 6. The molecule has 0 aromatic rings. The minimum atomic E-state index is -2.21. The Labute approximate surface area is 108 Å². The van der Waals surface area contributed by atoms with Gasteiger partial charge in [0.1, 0.15) is 6.10 Å². The minimum absolute atomic E-state index is 0.0279. The van der Waals surface area contributed by atoms with Gasteiger partial charge in [0.25, 0.3) is 0 Å². The molecule has 0 bridgehead atoms. The molecule has 0 aliphatic carbocycles. The molecule has 0 saturated carbocycles. The van der Waals surface area contributed by atoms with Gasteiger partial charge in [-0.05, 0) is 18.8 Å². The summed E-state index contributed by atoms with van der Waals surface area (Å²) in [6.07, 6.45) is -0.667. The van der Waals surface area contributed by atoms with Gasteiger partial charge >= 0.3 is 0 Å². The largest absolute Gasteiger partial charge is 0.396 e. The molecule has 0 aromatic heterocycles. The summed E-state index contributed by atoms with van der Waals surface area (Å²) in [7, 11) is 0. The Morgan fingerprint density at radius 3 is 2.11 bits per heavy atom. The molecule has 0 rings (SSSR count). The third kappa shape index (κ3) is 7.97. The molecule has 6 heteroatoms. The van der Waals surface area contributed by atoms with Crippen molar-refractivity contribution in [3.05, 3.63) is 0 Å². The highest BCUT2D eigenvalue weighted by molar-refractivity contribution is 4.77. The van der Waals surface area contributed by atoms with E-state index in [-0.39, 0.29) is 31.8 Å². The summed E-state index contributed by atoms with van der Waals surface area (Å²) >= 11 is 0. The van der Waals surface area contributed by atoms with Crippen LogP contribution in [0.25, 0.3) is 0 Å². The predicted molar refractivity (Wildman–Crippen MR) is 65.4 cm³/mol. The number of unbranched alkanes of at least 4 members (excludes halogenated alkanes) is 2. The second-order valence-electron chi connectivity index (χ2n) is 4.99. The van der Waals surface area contributed by atoms with Gasteiger partial charge < -0.3 is 30.6 Å². The zero-order valence-electron chi connectivity index (χ0n) is 10.9. The Kier molecular flexibility index (Phi) is 8.67. The third-order valence-electron chi connectivity index (χ3n) is 2.93. The summed E-state index contributed by atoms with van der Waals surface area (Å²) in [6.45, 7) is 1.74. The highest BCUT2D eigenvalue weighted by Gasteiger charge is 2.34. The Hall–Kier alpha value is -0.240. The normalized spacial score (nSPS) is 16.0. The molecule has 0 spiro atoms. The van der Waals surface area contributed by atoms with Gasteiger partial charge in [-0.1, -0.05) is 19.8 Å². The van der Waals surface area contributed by atoms with Crippen molar-refractivity contribution < 1.29 is 30.6 Å². The molecule has 2 unspecified atom stereocenters. The quantitative estimate of drug-likeness (QED) is 0.230. The fraction of sp³-hybridized carbons (Fsp3) is 1.00. The maximum absolute atomic E-state index is 9.72. The van der Waals surface area contributed by atoms with E-state index in [1.165, 1.54) is 0 Å². The summed E-state index contributed by atoms with van der Waals surface area (Å²) in [5.41, 5.74) is 0. The van der Waals surface area contributed by atoms with Crippen LogP contribution >= 0.6 is 0 Å². The van der Waals surface area contributed by atoms with Crippen molar-refractivity contribution in [3.8, 4) is 0 Å². The second kappa shape index (κ2) is 8.79. The van der Waals surface area contributed by atoms with Gasteiger partial charge in [0, 0.05) is 19.4 Å². The molecule has 18 heavy (non-hydrogen) atoms. The highest BCUT2D eigenvalue weighted by atomic mass is 16.5. The number of aliphatic hydroxyl groups excluding tert-OH is 3. The van der Waals surface area contributed by atoms with E-state index in [9.17, 15) is 15.3 Å². The fourth-order valence-electron chi connectivity index (χ4n) is 1.95. The molecular formula is C12H26O6. The lowest BCUT2D eigenvalue weighted by molar-refractivity contribution is -0.237. The maximum atomic E-state index is 9.72. The standard InChI is InChI=1S/C12H26O6/c1-9(7-11(15)16)8-12(17,18)10(14)5-3-2-4-6-13/h9-11,13-18H,2-8H2,1H3. The van der Waals surface area contributed by atoms with Crippen LogP contribution in [-0.4, -0.2) is 55.4 Å². The van der Waals surface area contributed by atoms with Crippen LogP contribution in [-0.2, 0) is 0 Å². The topological polar surface area (TPSA) is 121 Å². The molecule has 2 atom stereocenters. The van der Waals surface area contributed by atoms with E-state index in [0.717, 1.165) is 0 Å². The molecule has 6 N–H and O–H groups in total. The van der Waals surface area contributed by atoms with Crippen LogP contribution < -0.4 is 0 Å². The molecule has 0 saturated heterocycles. The smallest absolute Gasteiger partial charge is 0.189 e. The van der Waals surface area contributed by atoms with Crippen molar-refractivity contribution in [2.75, 3.05) is 6.61 Å². The Morgan fingerprint density at radius 2 is 1.61 bits per heavy atom. The van der Waals surface area contributed by atoms with E-state index < -0.39 is 18.2 Å². The second-order valence-corrected chi connectivity index (χ2v) is 4.99. The predicted octanol–water partition coefficient (Wildman–Crippen LogP) is -0.692. The summed E-state index contributed by atoms with van der Waals surface area (Å²) < 4.78 is 0. The van der Waals surface area contributed by atoms with Crippen LogP contribution in [0.15, 0.2) is 0 Å². The van der Waals surface area contributed by atoms with E-state index in [4.69, 9.17) is 15.3 Å². The van der Waals surface area contributed by atoms with Crippen molar-refractivity contribution in [3.63, 3.8) is 0 Å². The van der Waals surface area contributed by atoms with Crippen LogP contribution in [0, 0.1) is 5.92 Å². The van der Waals surface area contributed by atoms with Crippen LogP contribution in [0.3, 0.4) is 0 Å². The molecule has 110 valence electrons. The molecule has 0 aliphatic heterocycles. The molecule has 0 heterocycles. The molecule has 0 aromatic carbocycles. The van der Waals surface area contributed by atoms with Crippen LogP contribution in [0.4, 0.5) is 0 Å². The minimum Gasteiger partial charge on any atom is -0.396 e. The molecule has 6 nitrogen and oxygen atoms in total. The lowest BCUT2D eigenvalue weighted by Gasteiger charge is -2.30. The Balaban J connectivity index is 4.01. The fourth-order valence-corrected chi connectivity index (χ4v) is 1.95. The van der Waals surface area contributed by atoms with Gasteiger partial charge in [0.2, 0.25) is 0 Å². The SMILES string of the molecule is CC(CC(O)O)CC(O)(O)C(O)CCCCCO. The first kappa shape index (κ1) is 17.8. The van der Waals surface area contributed by atoms with Gasteiger partial charge in [-0.25, -0.2) is 0 Å². The Bertz CT molecular complexity index is 207. The summed E-state index contributed by atoms with van der Waals surface area (Å²) in [4.78, 5) is 0. The first-order chi connectivity index (χ1) is 8.29. The lowest BCUT2D eigenvalue weighted by atomic mass is 9.92. The third-order valence-corrected chi connectivity index (χ3v) is 2.93. The van der Waals surface area contributed by atoms with Gasteiger partial charge in [-0.15, -0.1) is 0 Å². The van der Waals surface area contributed by atoms with Gasteiger partial charge in [0.15, 0.2) is 12.1 Å². The first-order valence-corrected chi connectivity index (χ1v) is 6.39. The average Bonchev–Trinajstić information content (AvgIpc) is 2.21. The monoisotopic (exact) mass is 266 g/mol. The van der Waals surface area contributed by atoms with Crippen molar-refractivity contribution in [1.29, 1.82) is 0 Å². The molecule has 0 fully saturated rings. The Morgan fingerprint density at radius 1 is 1.00 bits per heavy atom. The summed E-state index contributed by atoms with van der Waals surface area (Å²) in [5, 5.41) is 55.2. The van der Waals surface area contributed by atoms with Crippen molar-refractivity contribution in [1.82, 2.24) is 0 Å². The number of rotatable bonds is 10. The van der Waals surface area contributed by atoms with Crippen LogP contribution in [0.5, 0.6) is 0 Å². The van der Waals surface area contributed by atoms with Crippen LogP contribution in [0.1, 0.15) is 45.4 Å². The van der Waals surface area contributed by atoms with Crippen LogP contribution in [0.2, 0.25) is 0 Å². The van der Waals surface area contributed by atoms with E-state index in [2.05, 4.69) is 0 Å². The zero-order chi connectivity index (χ0) is 14.2. The highest BCUT2D eigenvalue weighted by Crippen LogP contribution is 2.24. The van der Waals surface area contributed by atoms with E-state index in [1.54, 1.807) is 6.92 Å².